The normalized spacial score (nSPS) is 11.9. The summed E-state index contributed by atoms with van der Waals surface area (Å²) in [5, 5.41) is 22.2. The molecule has 0 aromatic heterocycles. The molecule has 0 aliphatic rings. The fourth-order valence-electron chi connectivity index (χ4n) is 1.25. The lowest BCUT2D eigenvalue weighted by atomic mass is 10.2. The molecule has 0 aliphatic carbocycles. The maximum atomic E-state index is 10.6. The van der Waals surface area contributed by atoms with Gasteiger partial charge < -0.3 is 15.3 Å². The Hall–Kier alpha value is -1.86. The van der Waals surface area contributed by atoms with Crippen molar-refractivity contribution in [2.75, 3.05) is 19.0 Å². The lowest BCUT2D eigenvalue weighted by molar-refractivity contribution is -0.384. The number of benzene rings is 1. The van der Waals surface area contributed by atoms with Crippen molar-refractivity contribution in [1.29, 1.82) is 0 Å². The summed E-state index contributed by atoms with van der Waals surface area (Å²) >= 11 is 0. The summed E-state index contributed by atoms with van der Waals surface area (Å²) in [5.74, 6) is 0.393. The number of hydrogen-bond acceptors (Lipinski definition) is 6. The van der Waals surface area contributed by atoms with Crippen molar-refractivity contribution >= 4 is 11.4 Å². The summed E-state index contributed by atoms with van der Waals surface area (Å²) in [6, 6.07) is 4.16. The highest BCUT2D eigenvalue weighted by Crippen LogP contribution is 2.28. The number of methoxy groups -OCH3 is 1. The smallest absolute Gasteiger partial charge is 0.273 e. The zero-order valence-electron chi connectivity index (χ0n) is 9.64. The molecular weight excluding hydrogens is 226 g/mol. The lowest BCUT2D eigenvalue weighted by Gasteiger charge is -2.14. The van der Waals surface area contributed by atoms with E-state index in [9.17, 15) is 10.1 Å². The quantitative estimate of drug-likeness (QED) is 0.514. The molecule has 7 heteroatoms. The number of nitro benzene ring substituents is 1. The second-order valence-corrected chi connectivity index (χ2v) is 3.55. The largest absolute Gasteiger partial charge is 0.494 e. The van der Waals surface area contributed by atoms with Crippen LogP contribution in [-0.2, 0) is 0 Å². The zero-order valence-corrected chi connectivity index (χ0v) is 9.64. The van der Waals surface area contributed by atoms with Gasteiger partial charge in [0.15, 0.2) is 0 Å². The molecule has 1 unspecified atom stereocenters. The van der Waals surface area contributed by atoms with Crippen molar-refractivity contribution in [3.05, 3.63) is 28.3 Å². The number of nitrogens with one attached hydrogen (secondary N) is 2. The van der Waals surface area contributed by atoms with Crippen LogP contribution in [0.1, 0.15) is 6.92 Å². The number of anilines is 1. The Kier molecular flexibility index (Phi) is 4.68. The summed E-state index contributed by atoms with van der Waals surface area (Å²) in [6.07, 6.45) is 0. The second kappa shape index (κ2) is 6.02. The molecule has 0 saturated carbocycles. The number of nitro groups is 1. The molecule has 1 atom stereocenters. The third-order valence-electron chi connectivity index (χ3n) is 2.22. The number of hydrogen-bond donors (Lipinski definition) is 3. The van der Waals surface area contributed by atoms with E-state index in [1.54, 1.807) is 13.0 Å². The van der Waals surface area contributed by atoms with Gasteiger partial charge in [-0.25, -0.2) is 5.48 Å². The molecule has 7 nitrogen and oxygen atoms in total. The monoisotopic (exact) mass is 241 g/mol. The minimum absolute atomic E-state index is 0.0271. The van der Waals surface area contributed by atoms with Crippen molar-refractivity contribution in [3.63, 3.8) is 0 Å². The third-order valence-corrected chi connectivity index (χ3v) is 2.22. The molecule has 0 saturated heterocycles. The van der Waals surface area contributed by atoms with Crippen molar-refractivity contribution in [1.82, 2.24) is 5.48 Å². The van der Waals surface area contributed by atoms with E-state index in [0.29, 0.717) is 18.0 Å². The van der Waals surface area contributed by atoms with E-state index in [1.165, 1.54) is 19.2 Å². The van der Waals surface area contributed by atoms with Gasteiger partial charge in [-0.05, 0) is 13.0 Å². The fraction of sp³-hybridized carbons (Fsp3) is 0.400. The van der Waals surface area contributed by atoms with Gasteiger partial charge in [0.1, 0.15) is 5.75 Å². The summed E-state index contributed by atoms with van der Waals surface area (Å²) < 4.78 is 5.05. The predicted molar refractivity (Wildman–Crippen MR) is 62.5 cm³/mol. The molecule has 0 radical (unpaired) electrons. The Balaban J connectivity index is 2.82. The molecule has 1 aromatic rings. The van der Waals surface area contributed by atoms with E-state index >= 15 is 0 Å². The minimum atomic E-state index is -0.482. The van der Waals surface area contributed by atoms with Crippen LogP contribution in [0.2, 0.25) is 0 Å². The highest BCUT2D eigenvalue weighted by molar-refractivity contribution is 5.60. The van der Waals surface area contributed by atoms with E-state index in [-0.39, 0.29) is 11.7 Å². The molecule has 0 heterocycles. The zero-order chi connectivity index (χ0) is 12.8. The van der Waals surface area contributed by atoms with E-state index in [4.69, 9.17) is 9.94 Å². The molecule has 17 heavy (non-hydrogen) atoms. The van der Waals surface area contributed by atoms with Gasteiger partial charge in [0.2, 0.25) is 0 Å². The standard InChI is InChI=1S/C10H15N3O4/c1-7(12-14)6-11-9-4-3-8(13(15)16)5-10(9)17-2/h3-5,7,11-12,14H,6H2,1-2H3. The van der Waals surface area contributed by atoms with Crippen LogP contribution < -0.4 is 15.5 Å². The van der Waals surface area contributed by atoms with E-state index in [1.807, 2.05) is 0 Å². The van der Waals surface area contributed by atoms with E-state index in [2.05, 4.69) is 10.8 Å². The van der Waals surface area contributed by atoms with Gasteiger partial charge in [0.05, 0.1) is 23.8 Å². The predicted octanol–water partition coefficient (Wildman–Crippen LogP) is 1.38. The average molecular weight is 241 g/mol. The Morgan fingerprint density at radius 1 is 1.59 bits per heavy atom. The molecule has 94 valence electrons. The average Bonchev–Trinajstić information content (AvgIpc) is 2.35. The van der Waals surface area contributed by atoms with Crippen LogP contribution in [0.15, 0.2) is 18.2 Å². The van der Waals surface area contributed by atoms with Crippen LogP contribution in [0.25, 0.3) is 0 Å². The van der Waals surface area contributed by atoms with Gasteiger partial charge >= 0.3 is 0 Å². The molecule has 1 aromatic carbocycles. The van der Waals surface area contributed by atoms with Crippen LogP contribution in [-0.4, -0.2) is 29.8 Å². The first-order valence-electron chi connectivity index (χ1n) is 5.04. The van der Waals surface area contributed by atoms with Gasteiger partial charge in [-0.1, -0.05) is 0 Å². The van der Waals surface area contributed by atoms with Crippen LogP contribution in [0.5, 0.6) is 5.75 Å². The summed E-state index contributed by atoms with van der Waals surface area (Å²) in [6.45, 7) is 2.25. The van der Waals surface area contributed by atoms with Gasteiger partial charge in [-0.2, -0.15) is 0 Å². The van der Waals surface area contributed by atoms with Crippen molar-refractivity contribution in [3.8, 4) is 5.75 Å². The van der Waals surface area contributed by atoms with E-state index < -0.39 is 4.92 Å². The topological polar surface area (TPSA) is 96.7 Å². The maximum absolute atomic E-state index is 10.6. The van der Waals surface area contributed by atoms with Crippen molar-refractivity contribution in [2.45, 2.75) is 13.0 Å². The SMILES string of the molecule is COc1cc([N+](=O)[O-])ccc1NCC(C)NO. The lowest BCUT2D eigenvalue weighted by Crippen LogP contribution is -2.29. The first-order valence-corrected chi connectivity index (χ1v) is 5.04. The summed E-state index contributed by atoms with van der Waals surface area (Å²) in [4.78, 5) is 10.1. The fourth-order valence-corrected chi connectivity index (χ4v) is 1.25. The number of non-ortho nitro benzene ring substituents is 1. The molecule has 0 fully saturated rings. The second-order valence-electron chi connectivity index (χ2n) is 3.55. The Morgan fingerprint density at radius 3 is 2.82 bits per heavy atom. The van der Waals surface area contributed by atoms with Gasteiger partial charge in [-0.15, -0.1) is 0 Å². The van der Waals surface area contributed by atoms with Crippen LogP contribution in [0.3, 0.4) is 0 Å². The summed E-state index contributed by atoms with van der Waals surface area (Å²) in [5.41, 5.74) is 2.70. The first-order chi connectivity index (χ1) is 8.08. The number of nitrogens with zero attached hydrogens (tertiary/aromatic N) is 1. The van der Waals surface area contributed by atoms with E-state index in [0.717, 1.165) is 0 Å². The molecule has 0 bridgehead atoms. The van der Waals surface area contributed by atoms with Gasteiger partial charge in [-0.3, -0.25) is 10.1 Å². The molecule has 0 amide bonds. The highest BCUT2D eigenvalue weighted by Gasteiger charge is 2.11. The Morgan fingerprint density at radius 2 is 2.29 bits per heavy atom. The van der Waals surface area contributed by atoms with Crippen LogP contribution in [0.4, 0.5) is 11.4 Å². The molecule has 0 aliphatic heterocycles. The first kappa shape index (κ1) is 13.2. The molecule has 3 N–H and O–H groups in total. The Labute approximate surface area is 98.5 Å². The van der Waals surface area contributed by atoms with Crippen molar-refractivity contribution < 1.29 is 14.9 Å². The maximum Gasteiger partial charge on any atom is 0.273 e. The molecular formula is C10H15N3O4. The van der Waals surface area contributed by atoms with Crippen LogP contribution in [0, 0.1) is 10.1 Å². The Bertz CT molecular complexity index is 397. The van der Waals surface area contributed by atoms with Gasteiger partial charge in [0, 0.05) is 18.7 Å². The third kappa shape index (κ3) is 3.58. The molecule has 0 spiro atoms. The molecule has 1 rings (SSSR count). The summed E-state index contributed by atoms with van der Waals surface area (Å²) in [7, 11) is 1.44. The van der Waals surface area contributed by atoms with Gasteiger partial charge in [0.25, 0.3) is 5.69 Å². The highest BCUT2D eigenvalue weighted by atomic mass is 16.6. The number of ether oxygens (including phenoxy) is 1. The number of rotatable bonds is 6. The number of hydroxylamine groups is 1. The van der Waals surface area contributed by atoms with Crippen LogP contribution >= 0.6 is 0 Å². The van der Waals surface area contributed by atoms with Crippen molar-refractivity contribution in [2.24, 2.45) is 0 Å². The minimum Gasteiger partial charge on any atom is -0.494 e.